The van der Waals surface area contributed by atoms with Crippen LogP contribution in [-0.2, 0) is 0 Å². The zero-order chi connectivity index (χ0) is 17.4. The van der Waals surface area contributed by atoms with E-state index in [0.29, 0.717) is 6.54 Å². The molecule has 0 radical (unpaired) electrons. The van der Waals surface area contributed by atoms with Crippen LogP contribution in [0.4, 0.5) is 4.79 Å². The molecule has 1 unspecified atom stereocenters. The summed E-state index contributed by atoms with van der Waals surface area (Å²) >= 11 is 0. The van der Waals surface area contributed by atoms with Crippen molar-refractivity contribution in [1.82, 2.24) is 15.5 Å². The van der Waals surface area contributed by atoms with E-state index in [-0.39, 0.29) is 17.6 Å². The Hall–Kier alpha value is -1.55. The molecule has 1 aromatic rings. The molecular weight excluding hydrogens is 298 g/mol. The fourth-order valence-corrected chi connectivity index (χ4v) is 3.41. The van der Waals surface area contributed by atoms with Gasteiger partial charge >= 0.3 is 6.03 Å². The van der Waals surface area contributed by atoms with E-state index in [0.717, 1.165) is 25.9 Å². The van der Waals surface area contributed by atoms with Crippen LogP contribution in [0.2, 0.25) is 0 Å². The molecule has 1 heterocycles. The number of piperidine rings is 1. The molecule has 0 aromatic heterocycles. The highest BCUT2D eigenvalue weighted by atomic mass is 16.2. The Labute approximate surface area is 147 Å². The molecule has 1 fully saturated rings. The molecule has 2 amide bonds. The highest BCUT2D eigenvalue weighted by molar-refractivity contribution is 5.74. The van der Waals surface area contributed by atoms with Crippen LogP contribution in [0.25, 0.3) is 0 Å². The highest BCUT2D eigenvalue weighted by Crippen LogP contribution is 2.20. The maximum Gasteiger partial charge on any atom is 0.315 e. The van der Waals surface area contributed by atoms with Crippen molar-refractivity contribution in [2.75, 3.05) is 19.6 Å². The summed E-state index contributed by atoms with van der Waals surface area (Å²) in [6.07, 6.45) is 5.85. The molecule has 1 atom stereocenters. The van der Waals surface area contributed by atoms with Crippen molar-refractivity contribution in [3.05, 3.63) is 35.9 Å². The first-order valence-corrected chi connectivity index (χ1v) is 9.37. The molecule has 0 aliphatic carbocycles. The Bertz CT molecular complexity index is 495. The maximum atomic E-state index is 12.4. The number of nitrogens with one attached hydrogen (secondary N) is 2. The summed E-state index contributed by atoms with van der Waals surface area (Å²) in [5, 5.41) is 6.23. The lowest BCUT2D eigenvalue weighted by molar-refractivity contribution is 0.0958. The molecule has 2 rings (SSSR count). The largest absolute Gasteiger partial charge is 0.336 e. The van der Waals surface area contributed by atoms with Gasteiger partial charge in [0.1, 0.15) is 0 Å². The van der Waals surface area contributed by atoms with Crippen LogP contribution in [0, 0.1) is 0 Å². The molecule has 4 nitrogen and oxygen atoms in total. The average Bonchev–Trinajstić information content (AvgIpc) is 2.61. The molecular formula is C20H33N3O. The minimum atomic E-state index is -0.0672. The lowest BCUT2D eigenvalue weighted by Gasteiger charge is -2.41. The van der Waals surface area contributed by atoms with E-state index in [4.69, 9.17) is 0 Å². The van der Waals surface area contributed by atoms with E-state index < -0.39 is 0 Å². The third kappa shape index (κ3) is 5.52. The summed E-state index contributed by atoms with van der Waals surface area (Å²) < 4.78 is 0. The summed E-state index contributed by atoms with van der Waals surface area (Å²) in [4.78, 5) is 14.9. The van der Waals surface area contributed by atoms with Crippen LogP contribution in [0.3, 0.4) is 0 Å². The predicted molar refractivity (Wildman–Crippen MR) is 100 cm³/mol. The molecule has 1 saturated heterocycles. The summed E-state index contributed by atoms with van der Waals surface area (Å²) in [5.41, 5.74) is 1.18. The van der Waals surface area contributed by atoms with E-state index in [9.17, 15) is 4.79 Å². The van der Waals surface area contributed by atoms with Crippen LogP contribution in [0.1, 0.15) is 64.5 Å². The van der Waals surface area contributed by atoms with Gasteiger partial charge in [0.15, 0.2) is 0 Å². The molecule has 0 saturated carbocycles. The summed E-state index contributed by atoms with van der Waals surface area (Å²) in [6.45, 7) is 9.54. The molecule has 2 N–H and O–H groups in total. The van der Waals surface area contributed by atoms with E-state index in [1.165, 1.54) is 24.8 Å². The van der Waals surface area contributed by atoms with E-state index >= 15 is 0 Å². The number of carbonyl (C=O) groups is 1. The van der Waals surface area contributed by atoms with E-state index in [1.807, 2.05) is 18.2 Å². The van der Waals surface area contributed by atoms with Crippen molar-refractivity contribution in [2.45, 2.75) is 64.5 Å². The number of hydrogen-bond donors (Lipinski definition) is 2. The van der Waals surface area contributed by atoms with Crippen LogP contribution in [0.5, 0.6) is 0 Å². The first-order valence-electron chi connectivity index (χ1n) is 9.37. The average molecular weight is 332 g/mol. The number of hydrogen-bond acceptors (Lipinski definition) is 2. The van der Waals surface area contributed by atoms with Crippen molar-refractivity contribution >= 4 is 6.03 Å². The van der Waals surface area contributed by atoms with Crippen molar-refractivity contribution in [3.8, 4) is 0 Å². The van der Waals surface area contributed by atoms with Crippen molar-refractivity contribution < 1.29 is 4.79 Å². The minimum Gasteiger partial charge on any atom is -0.336 e. The lowest BCUT2D eigenvalue weighted by atomic mass is 9.98. The van der Waals surface area contributed by atoms with Gasteiger partial charge in [0.2, 0.25) is 0 Å². The Morgan fingerprint density at radius 3 is 2.46 bits per heavy atom. The summed E-state index contributed by atoms with van der Waals surface area (Å²) in [7, 11) is 0. The van der Waals surface area contributed by atoms with Gasteiger partial charge in [0.05, 0.1) is 6.04 Å². The van der Waals surface area contributed by atoms with Gasteiger partial charge in [-0.25, -0.2) is 4.79 Å². The number of rotatable bonds is 7. The van der Waals surface area contributed by atoms with Crippen molar-refractivity contribution in [1.29, 1.82) is 0 Å². The quantitative estimate of drug-likeness (QED) is 0.790. The van der Waals surface area contributed by atoms with Gasteiger partial charge in [0.25, 0.3) is 0 Å². The standard InChI is InChI=1S/C20H33N3O/c1-4-11-18(17-12-7-5-8-13-17)22-19(24)21-16-20(2,3)23-14-9-6-10-15-23/h5,7-8,12-13,18H,4,6,9-11,14-16H2,1-3H3,(H2,21,22,24). The minimum absolute atomic E-state index is 0.00472. The van der Waals surface area contributed by atoms with Gasteiger partial charge < -0.3 is 10.6 Å². The van der Waals surface area contributed by atoms with Gasteiger partial charge in [-0.05, 0) is 51.8 Å². The summed E-state index contributed by atoms with van der Waals surface area (Å²) in [5.74, 6) is 0. The number of carbonyl (C=O) groups excluding carboxylic acids is 1. The number of likely N-dealkylation sites (tertiary alicyclic amines) is 1. The zero-order valence-corrected chi connectivity index (χ0v) is 15.5. The molecule has 0 bridgehead atoms. The molecule has 0 spiro atoms. The Morgan fingerprint density at radius 1 is 1.17 bits per heavy atom. The number of nitrogens with zero attached hydrogens (tertiary/aromatic N) is 1. The second-order valence-electron chi connectivity index (χ2n) is 7.44. The molecule has 24 heavy (non-hydrogen) atoms. The number of urea groups is 1. The van der Waals surface area contributed by atoms with Crippen molar-refractivity contribution in [2.24, 2.45) is 0 Å². The fourth-order valence-electron chi connectivity index (χ4n) is 3.41. The van der Waals surface area contributed by atoms with Crippen LogP contribution in [0.15, 0.2) is 30.3 Å². The maximum absolute atomic E-state index is 12.4. The zero-order valence-electron chi connectivity index (χ0n) is 15.5. The fraction of sp³-hybridized carbons (Fsp3) is 0.650. The smallest absolute Gasteiger partial charge is 0.315 e. The second kappa shape index (κ2) is 9.07. The Kier molecular flexibility index (Phi) is 7.10. The van der Waals surface area contributed by atoms with Crippen LogP contribution in [-0.4, -0.2) is 36.1 Å². The first-order chi connectivity index (χ1) is 11.5. The summed E-state index contributed by atoms with van der Waals surface area (Å²) in [6, 6.07) is 10.2. The van der Waals surface area contributed by atoms with E-state index in [1.54, 1.807) is 0 Å². The molecule has 134 valence electrons. The molecule has 1 aromatic carbocycles. The monoisotopic (exact) mass is 331 g/mol. The third-order valence-corrected chi connectivity index (χ3v) is 4.98. The van der Waals surface area contributed by atoms with Gasteiger partial charge in [-0.15, -0.1) is 0 Å². The van der Waals surface area contributed by atoms with Crippen molar-refractivity contribution in [3.63, 3.8) is 0 Å². The third-order valence-electron chi connectivity index (χ3n) is 4.98. The predicted octanol–water partition coefficient (Wildman–Crippen LogP) is 4.09. The lowest BCUT2D eigenvalue weighted by Crippen LogP contribution is -2.54. The molecule has 1 aliphatic heterocycles. The van der Waals surface area contributed by atoms with Gasteiger partial charge in [-0.3, -0.25) is 4.90 Å². The van der Waals surface area contributed by atoms with Crippen LogP contribution >= 0.6 is 0 Å². The van der Waals surface area contributed by atoms with E-state index in [2.05, 4.69) is 48.4 Å². The molecule has 1 aliphatic rings. The number of benzene rings is 1. The molecule has 4 heteroatoms. The van der Waals surface area contributed by atoms with Gasteiger partial charge in [0, 0.05) is 12.1 Å². The van der Waals surface area contributed by atoms with Gasteiger partial charge in [-0.2, -0.15) is 0 Å². The Morgan fingerprint density at radius 2 is 1.83 bits per heavy atom. The normalized spacial score (nSPS) is 17.3. The van der Waals surface area contributed by atoms with Gasteiger partial charge in [-0.1, -0.05) is 50.1 Å². The topological polar surface area (TPSA) is 44.4 Å². The van der Waals surface area contributed by atoms with Crippen LogP contribution < -0.4 is 10.6 Å². The number of amides is 2. The highest BCUT2D eigenvalue weighted by Gasteiger charge is 2.28. The first kappa shape index (κ1) is 18.8. The second-order valence-corrected chi connectivity index (χ2v) is 7.44. The SMILES string of the molecule is CCCC(NC(=O)NCC(C)(C)N1CCCCC1)c1ccccc1. The Balaban J connectivity index is 1.86.